The van der Waals surface area contributed by atoms with Gasteiger partial charge in [0.05, 0.1) is 6.54 Å². The van der Waals surface area contributed by atoms with E-state index >= 15 is 0 Å². The van der Waals surface area contributed by atoms with Crippen molar-refractivity contribution in [3.05, 3.63) is 23.9 Å². The number of likely N-dealkylation sites (N-methyl/N-ethyl adjacent to an activating group) is 1. The molecule has 0 atom stereocenters. The summed E-state index contributed by atoms with van der Waals surface area (Å²) >= 11 is 0. The van der Waals surface area contributed by atoms with E-state index < -0.39 is 0 Å². The van der Waals surface area contributed by atoms with Crippen LogP contribution in [0.1, 0.15) is 25.8 Å². The molecule has 0 unspecified atom stereocenters. The van der Waals surface area contributed by atoms with Gasteiger partial charge in [0.1, 0.15) is 5.82 Å². The molecule has 0 amide bonds. The molecule has 0 aromatic carbocycles. The molecule has 1 aliphatic rings. The highest BCUT2D eigenvalue weighted by Gasteiger charge is 2.16. The lowest BCUT2D eigenvalue weighted by Crippen LogP contribution is -2.46. The third-order valence-corrected chi connectivity index (χ3v) is 3.94. The van der Waals surface area contributed by atoms with E-state index in [1.807, 2.05) is 6.20 Å². The third-order valence-electron chi connectivity index (χ3n) is 3.94. The van der Waals surface area contributed by atoms with Crippen molar-refractivity contribution in [1.29, 1.82) is 0 Å². The van der Waals surface area contributed by atoms with E-state index in [4.69, 9.17) is 5.73 Å². The average molecular weight is 304 g/mol. The van der Waals surface area contributed by atoms with Gasteiger partial charge in [-0.1, -0.05) is 19.9 Å². The monoisotopic (exact) mass is 304 g/mol. The summed E-state index contributed by atoms with van der Waals surface area (Å²) in [6.45, 7) is 11.2. The quantitative estimate of drug-likeness (QED) is 0.607. The zero-order valence-corrected chi connectivity index (χ0v) is 13.8. The standard InChI is InChI=1S/C16H28N6/c1-3-7-18-16(17)20-13-14-5-6-15(19-12-14)22-10-8-21(4-2)9-11-22/h5-6,12H,3-4,7-11,13H2,1-2H3,(H3,17,18,20). The summed E-state index contributed by atoms with van der Waals surface area (Å²) < 4.78 is 0. The van der Waals surface area contributed by atoms with Crippen molar-refractivity contribution in [2.24, 2.45) is 10.7 Å². The van der Waals surface area contributed by atoms with Crippen LogP contribution < -0.4 is 16.0 Å². The van der Waals surface area contributed by atoms with Crippen LogP contribution in [0.3, 0.4) is 0 Å². The van der Waals surface area contributed by atoms with Gasteiger partial charge in [-0.05, 0) is 24.6 Å². The summed E-state index contributed by atoms with van der Waals surface area (Å²) in [7, 11) is 0. The number of guanidine groups is 1. The first-order valence-corrected chi connectivity index (χ1v) is 8.19. The first-order chi connectivity index (χ1) is 10.7. The maximum atomic E-state index is 5.79. The number of hydrogen-bond acceptors (Lipinski definition) is 4. The molecule has 0 saturated carbocycles. The van der Waals surface area contributed by atoms with E-state index in [0.29, 0.717) is 12.5 Å². The summed E-state index contributed by atoms with van der Waals surface area (Å²) in [5.41, 5.74) is 6.87. The van der Waals surface area contributed by atoms with Crippen LogP contribution in [0.5, 0.6) is 0 Å². The number of piperazine rings is 1. The van der Waals surface area contributed by atoms with Gasteiger partial charge >= 0.3 is 0 Å². The van der Waals surface area contributed by atoms with E-state index in [-0.39, 0.29) is 0 Å². The molecule has 6 nitrogen and oxygen atoms in total. The fraction of sp³-hybridized carbons (Fsp3) is 0.625. The number of anilines is 1. The smallest absolute Gasteiger partial charge is 0.188 e. The molecule has 122 valence electrons. The first kappa shape index (κ1) is 16.5. The molecule has 0 bridgehead atoms. The minimum absolute atomic E-state index is 0.501. The van der Waals surface area contributed by atoms with E-state index in [1.165, 1.54) is 0 Å². The van der Waals surface area contributed by atoms with Crippen molar-refractivity contribution in [2.45, 2.75) is 26.8 Å². The van der Waals surface area contributed by atoms with Crippen molar-refractivity contribution >= 4 is 11.8 Å². The Hall–Kier alpha value is -1.82. The Morgan fingerprint density at radius 3 is 2.64 bits per heavy atom. The van der Waals surface area contributed by atoms with Crippen molar-refractivity contribution in [1.82, 2.24) is 15.2 Å². The maximum absolute atomic E-state index is 5.79. The van der Waals surface area contributed by atoms with Crippen LogP contribution in [0.2, 0.25) is 0 Å². The van der Waals surface area contributed by atoms with Crippen molar-refractivity contribution in [2.75, 3.05) is 44.2 Å². The highest BCUT2D eigenvalue weighted by Crippen LogP contribution is 2.14. The van der Waals surface area contributed by atoms with Crippen molar-refractivity contribution in [3.8, 4) is 0 Å². The second-order valence-electron chi connectivity index (χ2n) is 5.57. The van der Waals surface area contributed by atoms with Gasteiger partial charge in [0, 0.05) is 38.9 Å². The zero-order valence-electron chi connectivity index (χ0n) is 13.8. The molecular weight excluding hydrogens is 276 g/mol. The van der Waals surface area contributed by atoms with Gasteiger partial charge in [0.15, 0.2) is 5.96 Å². The molecule has 2 heterocycles. The molecular formula is C16H28N6. The lowest BCUT2D eigenvalue weighted by molar-refractivity contribution is 0.270. The normalized spacial score (nSPS) is 16.8. The number of aliphatic imine (C=N–C) groups is 1. The summed E-state index contributed by atoms with van der Waals surface area (Å²) in [6.07, 6.45) is 2.94. The van der Waals surface area contributed by atoms with Gasteiger partial charge in [0.2, 0.25) is 0 Å². The number of hydrogen-bond donors (Lipinski definition) is 2. The molecule has 1 fully saturated rings. The lowest BCUT2D eigenvalue weighted by Gasteiger charge is -2.34. The zero-order chi connectivity index (χ0) is 15.8. The summed E-state index contributed by atoms with van der Waals surface area (Å²) in [6, 6.07) is 4.17. The van der Waals surface area contributed by atoms with Gasteiger partial charge in [-0.2, -0.15) is 0 Å². The minimum atomic E-state index is 0.501. The van der Waals surface area contributed by atoms with Gasteiger partial charge in [-0.25, -0.2) is 9.98 Å². The molecule has 0 spiro atoms. The molecule has 1 aromatic rings. The van der Waals surface area contributed by atoms with Gasteiger partial charge in [-0.3, -0.25) is 0 Å². The fourth-order valence-corrected chi connectivity index (χ4v) is 2.48. The molecule has 6 heteroatoms. The molecule has 1 aliphatic heterocycles. The van der Waals surface area contributed by atoms with Crippen molar-refractivity contribution in [3.63, 3.8) is 0 Å². The largest absolute Gasteiger partial charge is 0.370 e. The predicted octanol–water partition coefficient (Wildman–Crippen LogP) is 1.04. The molecule has 3 N–H and O–H groups in total. The second-order valence-corrected chi connectivity index (χ2v) is 5.57. The number of nitrogens with two attached hydrogens (primary N) is 1. The Labute approximate surface area is 133 Å². The highest BCUT2D eigenvalue weighted by atomic mass is 15.3. The van der Waals surface area contributed by atoms with Gasteiger partial charge in [0.25, 0.3) is 0 Å². The second kappa shape index (κ2) is 8.58. The Kier molecular flexibility index (Phi) is 6.45. The van der Waals surface area contributed by atoms with Crippen LogP contribution in [0, 0.1) is 0 Å². The number of nitrogens with zero attached hydrogens (tertiary/aromatic N) is 4. The Morgan fingerprint density at radius 2 is 2.05 bits per heavy atom. The van der Waals surface area contributed by atoms with E-state index in [0.717, 1.165) is 57.1 Å². The number of rotatable bonds is 6. The van der Waals surface area contributed by atoms with E-state index in [9.17, 15) is 0 Å². The van der Waals surface area contributed by atoms with E-state index in [2.05, 4.69) is 51.1 Å². The van der Waals surface area contributed by atoms with Crippen LogP contribution in [0.25, 0.3) is 0 Å². The lowest BCUT2D eigenvalue weighted by atomic mass is 10.2. The number of pyridine rings is 1. The topological polar surface area (TPSA) is 69.8 Å². The van der Waals surface area contributed by atoms with Crippen LogP contribution in [0.4, 0.5) is 5.82 Å². The van der Waals surface area contributed by atoms with Crippen LogP contribution in [0.15, 0.2) is 23.3 Å². The third kappa shape index (κ3) is 4.87. The van der Waals surface area contributed by atoms with Gasteiger partial charge in [-0.15, -0.1) is 0 Å². The SMILES string of the molecule is CCCNC(N)=NCc1ccc(N2CCN(CC)CC2)nc1. The predicted molar refractivity (Wildman–Crippen MR) is 92.2 cm³/mol. The molecule has 2 rings (SSSR count). The summed E-state index contributed by atoms with van der Waals surface area (Å²) in [5.74, 6) is 1.56. The molecule has 0 aliphatic carbocycles. The Morgan fingerprint density at radius 1 is 1.27 bits per heavy atom. The van der Waals surface area contributed by atoms with Crippen molar-refractivity contribution < 1.29 is 0 Å². The molecule has 22 heavy (non-hydrogen) atoms. The molecule has 0 radical (unpaired) electrons. The Balaban J connectivity index is 1.85. The molecule has 1 saturated heterocycles. The highest BCUT2D eigenvalue weighted by molar-refractivity contribution is 5.77. The van der Waals surface area contributed by atoms with Crippen LogP contribution in [-0.4, -0.2) is 55.1 Å². The first-order valence-electron chi connectivity index (χ1n) is 8.19. The number of nitrogens with one attached hydrogen (secondary N) is 1. The Bertz CT molecular complexity index is 462. The average Bonchev–Trinajstić information content (AvgIpc) is 2.58. The minimum Gasteiger partial charge on any atom is -0.370 e. The summed E-state index contributed by atoms with van der Waals surface area (Å²) in [4.78, 5) is 13.7. The fourth-order valence-electron chi connectivity index (χ4n) is 2.48. The number of aromatic nitrogens is 1. The molecule has 1 aromatic heterocycles. The van der Waals surface area contributed by atoms with Gasteiger partial charge < -0.3 is 20.9 Å². The van der Waals surface area contributed by atoms with Crippen LogP contribution >= 0.6 is 0 Å². The summed E-state index contributed by atoms with van der Waals surface area (Å²) in [5, 5.41) is 3.07. The van der Waals surface area contributed by atoms with E-state index in [1.54, 1.807) is 0 Å². The maximum Gasteiger partial charge on any atom is 0.188 e. The van der Waals surface area contributed by atoms with Crippen LogP contribution in [-0.2, 0) is 6.54 Å².